The Bertz CT molecular complexity index is 1180. The third-order valence-electron chi connectivity index (χ3n) is 6.56. The molecule has 0 bridgehead atoms. The molecule has 0 unspecified atom stereocenters. The maximum atomic E-state index is 12.8. The molecule has 8 heteroatoms. The van der Waals surface area contributed by atoms with E-state index in [0.717, 1.165) is 54.2 Å². The molecule has 0 radical (unpaired) electrons. The standard InChI is InChI=1S/C24H26N4O4/c29-24-20-15-27(13-12-21(20)25-23(26-24)17-4-2-1-3-5-17)14-19-10-11-22(32-19)16-6-8-18(9-7-16)28(30)31/h6-11,17H,1-5,12-15H2,(H,25,26,29). The molecule has 1 saturated carbocycles. The van der Waals surface area contributed by atoms with E-state index in [9.17, 15) is 14.9 Å². The van der Waals surface area contributed by atoms with Crippen LogP contribution in [0.4, 0.5) is 5.69 Å². The van der Waals surface area contributed by atoms with E-state index in [1.54, 1.807) is 12.1 Å². The Kier molecular flexibility index (Phi) is 5.61. The Morgan fingerprint density at radius 2 is 1.91 bits per heavy atom. The fourth-order valence-electron chi connectivity index (χ4n) is 4.79. The van der Waals surface area contributed by atoms with E-state index in [0.29, 0.717) is 24.8 Å². The van der Waals surface area contributed by atoms with E-state index in [1.165, 1.54) is 31.4 Å². The highest BCUT2D eigenvalue weighted by molar-refractivity contribution is 5.59. The lowest BCUT2D eigenvalue weighted by molar-refractivity contribution is -0.384. The van der Waals surface area contributed by atoms with Crippen LogP contribution in [-0.4, -0.2) is 26.3 Å². The SMILES string of the molecule is O=c1[nH]c(C2CCCCC2)nc2c1CN(Cc1ccc(-c3ccc([N+](=O)[O-])cc3)o1)CC2. The number of nitro benzene ring substituents is 1. The lowest BCUT2D eigenvalue weighted by Gasteiger charge is -2.28. The van der Waals surface area contributed by atoms with Gasteiger partial charge in [0.05, 0.1) is 22.7 Å². The molecule has 166 valence electrons. The predicted octanol–water partition coefficient (Wildman–Crippen LogP) is 4.54. The van der Waals surface area contributed by atoms with Crippen molar-refractivity contribution in [3.8, 4) is 11.3 Å². The fourth-order valence-corrected chi connectivity index (χ4v) is 4.79. The molecule has 1 aromatic carbocycles. The second-order valence-corrected chi connectivity index (χ2v) is 8.74. The van der Waals surface area contributed by atoms with Gasteiger partial charge < -0.3 is 9.40 Å². The first-order valence-electron chi connectivity index (χ1n) is 11.2. The normalized spacial score (nSPS) is 17.2. The number of aromatic nitrogens is 2. The van der Waals surface area contributed by atoms with Crippen molar-refractivity contribution < 1.29 is 9.34 Å². The van der Waals surface area contributed by atoms with Gasteiger partial charge in [-0.15, -0.1) is 0 Å². The first-order chi connectivity index (χ1) is 15.6. The van der Waals surface area contributed by atoms with Gasteiger partial charge in [-0.1, -0.05) is 19.3 Å². The summed E-state index contributed by atoms with van der Waals surface area (Å²) in [6.07, 6.45) is 6.69. The number of benzene rings is 1. The van der Waals surface area contributed by atoms with Gasteiger partial charge in [0, 0.05) is 43.1 Å². The van der Waals surface area contributed by atoms with Crippen molar-refractivity contribution in [2.24, 2.45) is 0 Å². The number of nitro groups is 1. The van der Waals surface area contributed by atoms with Gasteiger partial charge in [-0.2, -0.15) is 0 Å². The van der Waals surface area contributed by atoms with Crippen LogP contribution in [0.2, 0.25) is 0 Å². The number of H-pyrrole nitrogens is 1. The number of non-ortho nitro benzene ring substituents is 1. The molecule has 32 heavy (non-hydrogen) atoms. The molecule has 0 spiro atoms. The van der Waals surface area contributed by atoms with Crippen LogP contribution in [0.5, 0.6) is 0 Å². The second kappa shape index (κ2) is 8.70. The molecule has 1 N–H and O–H groups in total. The summed E-state index contributed by atoms with van der Waals surface area (Å²) in [7, 11) is 0. The van der Waals surface area contributed by atoms with Crippen LogP contribution < -0.4 is 5.56 Å². The summed E-state index contributed by atoms with van der Waals surface area (Å²) in [5, 5.41) is 10.8. The lowest BCUT2D eigenvalue weighted by atomic mass is 9.88. The van der Waals surface area contributed by atoms with Gasteiger partial charge in [0.2, 0.25) is 0 Å². The van der Waals surface area contributed by atoms with Crippen LogP contribution in [0.3, 0.4) is 0 Å². The number of hydrogen-bond donors (Lipinski definition) is 1. The monoisotopic (exact) mass is 434 g/mol. The van der Waals surface area contributed by atoms with Crippen LogP contribution in [0.1, 0.15) is 60.9 Å². The minimum absolute atomic E-state index is 0.00807. The fraction of sp³-hybridized carbons (Fsp3) is 0.417. The largest absolute Gasteiger partial charge is 0.460 e. The zero-order valence-corrected chi connectivity index (χ0v) is 17.9. The van der Waals surface area contributed by atoms with Gasteiger partial charge in [-0.25, -0.2) is 4.98 Å². The predicted molar refractivity (Wildman–Crippen MR) is 119 cm³/mol. The minimum Gasteiger partial charge on any atom is -0.460 e. The molecule has 8 nitrogen and oxygen atoms in total. The first-order valence-corrected chi connectivity index (χ1v) is 11.2. The van der Waals surface area contributed by atoms with Gasteiger partial charge in [0.25, 0.3) is 11.2 Å². The van der Waals surface area contributed by atoms with Gasteiger partial charge in [-0.05, 0) is 37.1 Å². The highest BCUT2D eigenvalue weighted by Crippen LogP contribution is 2.31. The molecule has 1 fully saturated rings. The van der Waals surface area contributed by atoms with E-state index in [2.05, 4.69) is 9.88 Å². The van der Waals surface area contributed by atoms with Crippen LogP contribution in [0.25, 0.3) is 11.3 Å². The van der Waals surface area contributed by atoms with Gasteiger partial charge in [0.15, 0.2) is 0 Å². The van der Waals surface area contributed by atoms with E-state index < -0.39 is 4.92 Å². The third-order valence-corrected chi connectivity index (χ3v) is 6.56. The summed E-state index contributed by atoms with van der Waals surface area (Å²) < 4.78 is 5.98. The molecule has 0 atom stereocenters. The summed E-state index contributed by atoms with van der Waals surface area (Å²) in [5.41, 5.74) is 2.54. The Balaban J connectivity index is 1.27. The van der Waals surface area contributed by atoms with Crippen molar-refractivity contribution in [2.75, 3.05) is 6.54 Å². The first kappa shape index (κ1) is 20.6. The van der Waals surface area contributed by atoms with Gasteiger partial charge >= 0.3 is 0 Å². The zero-order valence-electron chi connectivity index (χ0n) is 17.9. The summed E-state index contributed by atoms with van der Waals surface area (Å²) in [6, 6.07) is 10.1. The molecule has 3 aromatic rings. The Morgan fingerprint density at radius 3 is 2.66 bits per heavy atom. The Hall–Kier alpha value is -3.26. The van der Waals surface area contributed by atoms with Crippen molar-refractivity contribution >= 4 is 5.69 Å². The molecule has 2 aromatic heterocycles. The van der Waals surface area contributed by atoms with Crippen molar-refractivity contribution in [1.82, 2.24) is 14.9 Å². The number of nitrogens with one attached hydrogen (secondary N) is 1. The minimum atomic E-state index is -0.416. The average molecular weight is 434 g/mol. The van der Waals surface area contributed by atoms with Gasteiger partial charge in [0.1, 0.15) is 17.3 Å². The maximum absolute atomic E-state index is 12.8. The second-order valence-electron chi connectivity index (χ2n) is 8.74. The molecule has 3 heterocycles. The topological polar surface area (TPSA) is 105 Å². The van der Waals surface area contributed by atoms with Crippen LogP contribution >= 0.6 is 0 Å². The van der Waals surface area contributed by atoms with E-state index >= 15 is 0 Å². The number of fused-ring (bicyclic) bond motifs is 1. The van der Waals surface area contributed by atoms with E-state index in [4.69, 9.17) is 9.40 Å². The molecular formula is C24H26N4O4. The molecule has 0 saturated heterocycles. The number of aromatic amines is 1. The van der Waals surface area contributed by atoms with Crippen molar-refractivity contribution in [3.63, 3.8) is 0 Å². The number of rotatable bonds is 5. The van der Waals surface area contributed by atoms with E-state index in [1.807, 2.05) is 12.1 Å². The molecule has 0 amide bonds. The van der Waals surface area contributed by atoms with Crippen molar-refractivity contribution in [2.45, 2.75) is 57.5 Å². The van der Waals surface area contributed by atoms with Crippen LogP contribution in [0.15, 0.2) is 45.6 Å². The summed E-state index contributed by atoms with van der Waals surface area (Å²) in [4.78, 5) is 33.3. The lowest BCUT2D eigenvalue weighted by Crippen LogP contribution is -2.36. The molecular weight excluding hydrogens is 408 g/mol. The smallest absolute Gasteiger partial charge is 0.269 e. The summed E-state index contributed by atoms with van der Waals surface area (Å²) in [6.45, 7) is 1.97. The maximum Gasteiger partial charge on any atom is 0.269 e. The van der Waals surface area contributed by atoms with Gasteiger partial charge in [-0.3, -0.25) is 19.8 Å². The van der Waals surface area contributed by atoms with Crippen LogP contribution in [-0.2, 0) is 19.5 Å². The van der Waals surface area contributed by atoms with Crippen LogP contribution in [0, 0.1) is 10.1 Å². The number of nitrogens with zero attached hydrogens (tertiary/aromatic N) is 3. The van der Waals surface area contributed by atoms with E-state index in [-0.39, 0.29) is 11.2 Å². The summed E-state index contributed by atoms with van der Waals surface area (Å²) in [5.74, 6) is 2.73. The number of hydrogen-bond acceptors (Lipinski definition) is 6. The quantitative estimate of drug-likeness (QED) is 0.467. The summed E-state index contributed by atoms with van der Waals surface area (Å²) >= 11 is 0. The third kappa shape index (κ3) is 4.23. The Labute approximate surface area is 185 Å². The van der Waals surface area contributed by atoms with Crippen molar-refractivity contribution in [1.29, 1.82) is 0 Å². The Morgan fingerprint density at radius 1 is 1.12 bits per heavy atom. The zero-order chi connectivity index (χ0) is 22.1. The number of furan rings is 1. The molecule has 1 aliphatic carbocycles. The average Bonchev–Trinajstić information content (AvgIpc) is 3.28. The molecule has 2 aliphatic rings. The highest BCUT2D eigenvalue weighted by atomic mass is 16.6. The molecule has 1 aliphatic heterocycles. The highest BCUT2D eigenvalue weighted by Gasteiger charge is 2.25. The van der Waals surface area contributed by atoms with Crippen molar-refractivity contribution in [3.05, 3.63) is 79.7 Å². The molecule has 5 rings (SSSR count).